The van der Waals surface area contributed by atoms with Crippen LogP contribution in [0.4, 0.5) is 11.4 Å². The SMILES string of the molecule is CSc1ccccc1NC(=O)C[NH+](C)CC(=O)Nc1ccc(C#N)c(Cl)c1. The first kappa shape index (κ1) is 20.8. The molecule has 8 heteroatoms. The molecule has 0 radical (unpaired) electrons. The number of rotatable bonds is 7. The van der Waals surface area contributed by atoms with Gasteiger partial charge in [-0.2, -0.15) is 5.26 Å². The van der Waals surface area contributed by atoms with Gasteiger partial charge in [0.15, 0.2) is 13.1 Å². The Hall–Kier alpha value is -2.53. The van der Waals surface area contributed by atoms with Gasteiger partial charge in [0, 0.05) is 10.6 Å². The smallest absolute Gasteiger partial charge is 0.279 e. The van der Waals surface area contributed by atoms with Gasteiger partial charge < -0.3 is 15.5 Å². The second kappa shape index (κ2) is 9.97. The van der Waals surface area contributed by atoms with Gasteiger partial charge in [0.2, 0.25) is 0 Å². The number of para-hydroxylation sites is 1. The second-order valence-electron chi connectivity index (χ2n) is 5.91. The maximum Gasteiger partial charge on any atom is 0.279 e. The largest absolute Gasteiger partial charge is 0.322 e. The van der Waals surface area contributed by atoms with Crippen LogP contribution in [0.2, 0.25) is 5.02 Å². The van der Waals surface area contributed by atoms with Crippen LogP contribution in [0.1, 0.15) is 5.56 Å². The number of quaternary nitrogens is 1. The van der Waals surface area contributed by atoms with Crippen LogP contribution in [-0.2, 0) is 9.59 Å². The van der Waals surface area contributed by atoms with Crippen molar-refractivity contribution in [3.63, 3.8) is 0 Å². The van der Waals surface area contributed by atoms with Crippen LogP contribution in [-0.4, -0.2) is 38.2 Å². The number of likely N-dealkylation sites (N-methyl/N-ethyl adjacent to an activating group) is 1. The zero-order chi connectivity index (χ0) is 19.8. The zero-order valence-corrected chi connectivity index (χ0v) is 16.6. The van der Waals surface area contributed by atoms with Crippen molar-refractivity contribution in [2.45, 2.75) is 4.90 Å². The lowest BCUT2D eigenvalue weighted by Gasteiger charge is -2.15. The maximum absolute atomic E-state index is 12.2. The summed E-state index contributed by atoms with van der Waals surface area (Å²) in [6.45, 7) is 0.277. The molecule has 2 rings (SSSR count). The van der Waals surface area contributed by atoms with Crippen LogP contribution >= 0.6 is 23.4 Å². The number of nitrogens with one attached hydrogen (secondary N) is 3. The van der Waals surface area contributed by atoms with Crippen LogP contribution in [0.3, 0.4) is 0 Å². The van der Waals surface area contributed by atoms with Crippen molar-refractivity contribution in [1.29, 1.82) is 5.26 Å². The minimum absolute atomic E-state index is 0.120. The Labute approximate surface area is 167 Å². The highest BCUT2D eigenvalue weighted by Crippen LogP contribution is 2.24. The third-order valence-electron chi connectivity index (χ3n) is 3.68. The Bertz CT molecular complexity index is 882. The molecule has 0 heterocycles. The lowest BCUT2D eigenvalue weighted by Crippen LogP contribution is -3.11. The van der Waals surface area contributed by atoms with Crippen LogP contribution in [0.25, 0.3) is 0 Å². The van der Waals surface area contributed by atoms with Crippen molar-refractivity contribution in [3.05, 3.63) is 53.1 Å². The second-order valence-corrected chi connectivity index (χ2v) is 7.17. The first-order chi connectivity index (χ1) is 12.9. The Balaban J connectivity index is 1.86. The molecule has 0 spiro atoms. The van der Waals surface area contributed by atoms with E-state index in [9.17, 15) is 9.59 Å². The molecule has 0 aliphatic carbocycles. The molecule has 1 atom stereocenters. The molecule has 0 bridgehead atoms. The van der Waals surface area contributed by atoms with Crippen LogP contribution in [0.15, 0.2) is 47.4 Å². The summed E-state index contributed by atoms with van der Waals surface area (Å²) < 4.78 is 0. The van der Waals surface area contributed by atoms with E-state index in [1.54, 1.807) is 30.9 Å². The van der Waals surface area contributed by atoms with Crippen molar-refractivity contribution in [2.75, 3.05) is 37.0 Å². The molecule has 2 aromatic rings. The van der Waals surface area contributed by atoms with Gasteiger partial charge in [0.1, 0.15) is 6.07 Å². The lowest BCUT2D eigenvalue weighted by molar-refractivity contribution is -0.862. The summed E-state index contributed by atoms with van der Waals surface area (Å²) in [5.41, 5.74) is 1.62. The standard InChI is InChI=1S/C19H19ClN4O2S/c1-24(12-19(26)23-16-5-3-4-6-17(16)27-2)11-18(25)22-14-8-7-13(10-21)15(20)9-14/h3-9H,11-12H2,1-2H3,(H,22,25)(H,23,26)/p+1. The predicted octanol–water partition coefficient (Wildman–Crippen LogP) is 2.03. The van der Waals surface area contributed by atoms with E-state index in [1.807, 2.05) is 36.6 Å². The van der Waals surface area contributed by atoms with Gasteiger partial charge in [-0.15, -0.1) is 11.8 Å². The highest BCUT2D eigenvalue weighted by atomic mass is 35.5. The fraction of sp³-hybridized carbons (Fsp3) is 0.211. The van der Waals surface area contributed by atoms with Gasteiger partial charge in [0.05, 0.1) is 23.3 Å². The average Bonchev–Trinajstić information content (AvgIpc) is 2.61. The Morgan fingerprint density at radius 1 is 1.15 bits per heavy atom. The molecule has 0 saturated heterocycles. The van der Waals surface area contributed by atoms with E-state index >= 15 is 0 Å². The van der Waals surface area contributed by atoms with Crippen molar-refractivity contribution in [3.8, 4) is 6.07 Å². The first-order valence-electron chi connectivity index (χ1n) is 8.16. The molecule has 3 N–H and O–H groups in total. The molecular weight excluding hydrogens is 384 g/mol. The molecule has 2 aromatic carbocycles. The fourth-order valence-corrected chi connectivity index (χ4v) is 3.22. The van der Waals surface area contributed by atoms with Crippen molar-refractivity contribution >= 4 is 46.6 Å². The molecule has 2 amide bonds. The summed E-state index contributed by atoms with van der Waals surface area (Å²) >= 11 is 7.51. The Morgan fingerprint density at radius 2 is 1.81 bits per heavy atom. The van der Waals surface area contributed by atoms with Crippen molar-refractivity contribution in [2.24, 2.45) is 0 Å². The quantitative estimate of drug-likeness (QED) is 0.617. The number of hydrogen-bond acceptors (Lipinski definition) is 4. The molecule has 0 aliphatic rings. The van der Waals surface area contributed by atoms with Gasteiger partial charge >= 0.3 is 0 Å². The summed E-state index contributed by atoms with van der Waals surface area (Å²) in [6, 6.07) is 14.2. The maximum atomic E-state index is 12.2. The van der Waals surface area contributed by atoms with Crippen LogP contribution < -0.4 is 15.5 Å². The number of hydrogen-bond donors (Lipinski definition) is 3. The van der Waals surface area contributed by atoms with Gasteiger partial charge in [-0.05, 0) is 36.6 Å². The van der Waals surface area contributed by atoms with Gasteiger partial charge in [-0.25, -0.2) is 0 Å². The highest BCUT2D eigenvalue weighted by molar-refractivity contribution is 7.98. The molecule has 0 saturated carbocycles. The third-order valence-corrected chi connectivity index (χ3v) is 4.79. The third kappa shape index (κ3) is 6.29. The van der Waals surface area contributed by atoms with Crippen LogP contribution in [0.5, 0.6) is 0 Å². The van der Waals surface area contributed by atoms with E-state index in [4.69, 9.17) is 16.9 Å². The number of halogens is 1. The van der Waals surface area contributed by atoms with Gasteiger partial charge in [0.25, 0.3) is 11.8 Å². The predicted molar refractivity (Wildman–Crippen MR) is 108 cm³/mol. The summed E-state index contributed by atoms with van der Waals surface area (Å²) in [6.07, 6.45) is 1.95. The number of anilines is 2. The number of thioether (sulfide) groups is 1. The summed E-state index contributed by atoms with van der Waals surface area (Å²) in [4.78, 5) is 26.1. The molecule has 0 aromatic heterocycles. The zero-order valence-electron chi connectivity index (χ0n) is 15.0. The minimum atomic E-state index is -0.245. The molecule has 140 valence electrons. The van der Waals surface area contributed by atoms with Gasteiger partial charge in [-0.3, -0.25) is 9.59 Å². The molecule has 27 heavy (non-hydrogen) atoms. The van der Waals surface area contributed by atoms with E-state index in [1.165, 1.54) is 6.07 Å². The van der Waals surface area contributed by atoms with E-state index in [0.29, 0.717) is 11.3 Å². The topological polar surface area (TPSA) is 86.4 Å². The van der Waals surface area contributed by atoms with E-state index < -0.39 is 0 Å². The molecule has 1 unspecified atom stereocenters. The van der Waals surface area contributed by atoms with Crippen molar-refractivity contribution in [1.82, 2.24) is 0 Å². The number of benzene rings is 2. The molecule has 0 aliphatic heterocycles. The average molecular weight is 404 g/mol. The summed E-state index contributed by atoms with van der Waals surface area (Å²) in [7, 11) is 1.77. The van der Waals surface area contributed by atoms with Crippen LogP contribution in [0, 0.1) is 11.3 Å². The molecule has 6 nitrogen and oxygen atoms in total. The minimum Gasteiger partial charge on any atom is -0.322 e. The highest BCUT2D eigenvalue weighted by Gasteiger charge is 2.15. The Kier molecular flexibility index (Phi) is 7.67. The number of carbonyl (C=O) groups is 2. The van der Waals surface area contributed by atoms with E-state index in [0.717, 1.165) is 15.5 Å². The van der Waals surface area contributed by atoms with E-state index in [-0.39, 0.29) is 29.9 Å². The number of nitrogens with zero attached hydrogens (tertiary/aromatic N) is 1. The number of amides is 2. The number of carbonyl (C=O) groups excluding carboxylic acids is 2. The monoisotopic (exact) mass is 403 g/mol. The van der Waals surface area contributed by atoms with Crippen molar-refractivity contribution < 1.29 is 14.5 Å². The fourth-order valence-electron chi connectivity index (χ4n) is 2.44. The summed E-state index contributed by atoms with van der Waals surface area (Å²) in [5, 5.41) is 14.7. The summed E-state index contributed by atoms with van der Waals surface area (Å²) in [5.74, 6) is -0.409. The van der Waals surface area contributed by atoms with E-state index in [2.05, 4.69) is 10.6 Å². The van der Waals surface area contributed by atoms with Gasteiger partial charge in [-0.1, -0.05) is 23.7 Å². The Morgan fingerprint density at radius 3 is 2.44 bits per heavy atom. The lowest BCUT2D eigenvalue weighted by atomic mass is 10.2. The first-order valence-corrected chi connectivity index (χ1v) is 9.77. The molecular formula is C19H20ClN4O2S+. The number of nitriles is 1. The normalized spacial score (nSPS) is 11.3. The molecule has 0 fully saturated rings.